The van der Waals surface area contributed by atoms with Crippen LogP contribution in [0.4, 0.5) is 0 Å². The summed E-state index contributed by atoms with van der Waals surface area (Å²) in [5.41, 5.74) is 1.02. The number of nitrogens with zero attached hydrogens (tertiary/aromatic N) is 1. The van der Waals surface area contributed by atoms with Gasteiger partial charge in [-0.05, 0) is 36.0 Å². The van der Waals surface area contributed by atoms with Crippen molar-refractivity contribution < 1.29 is 14.3 Å². The van der Waals surface area contributed by atoms with Crippen molar-refractivity contribution in [2.24, 2.45) is 11.8 Å². The molecule has 1 fully saturated rings. The smallest absolute Gasteiger partial charge is 0.242 e. The van der Waals surface area contributed by atoms with Crippen molar-refractivity contribution in [1.29, 1.82) is 0 Å². The first-order valence-corrected chi connectivity index (χ1v) is 10.2. The SMILES string of the molecule is COc1ccc(C2SCC(=O)N2C(CC(C)C)C(=O)NCC(C)C)cc1. The molecule has 1 aliphatic rings. The molecule has 1 N–H and O–H groups in total. The first-order valence-electron chi connectivity index (χ1n) is 9.17. The van der Waals surface area contributed by atoms with Gasteiger partial charge in [-0.2, -0.15) is 0 Å². The molecule has 1 aromatic carbocycles. The summed E-state index contributed by atoms with van der Waals surface area (Å²) in [6.07, 6.45) is 0.656. The number of rotatable bonds is 8. The molecular formula is C20H30N2O3S. The zero-order valence-electron chi connectivity index (χ0n) is 16.3. The van der Waals surface area contributed by atoms with Gasteiger partial charge < -0.3 is 15.0 Å². The number of amides is 2. The predicted octanol–water partition coefficient (Wildman–Crippen LogP) is 3.46. The Balaban J connectivity index is 2.26. The number of thioether (sulfide) groups is 1. The summed E-state index contributed by atoms with van der Waals surface area (Å²) in [6.45, 7) is 8.91. The molecule has 1 heterocycles. The minimum atomic E-state index is -0.441. The molecule has 0 saturated carbocycles. The maximum atomic E-state index is 12.9. The number of carbonyl (C=O) groups is 2. The lowest BCUT2D eigenvalue weighted by Gasteiger charge is -2.33. The van der Waals surface area contributed by atoms with Crippen LogP contribution in [0.25, 0.3) is 0 Å². The number of benzene rings is 1. The van der Waals surface area contributed by atoms with Gasteiger partial charge in [-0.25, -0.2) is 0 Å². The fraction of sp³-hybridized carbons (Fsp3) is 0.600. The van der Waals surface area contributed by atoms with E-state index in [1.54, 1.807) is 23.8 Å². The molecule has 0 bridgehead atoms. The fourth-order valence-electron chi connectivity index (χ4n) is 3.01. The summed E-state index contributed by atoms with van der Waals surface area (Å²) in [7, 11) is 1.63. The summed E-state index contributed by atoms with van der Waals surface area (Å²) in [5, 5.41) is 2.88. The molecule has 0 spiro atoms. The first kappa shape index (κ1) is 20.6. The van der Waals surface area contributed by atoms with Crippen molar-refractivity contribution >= 4 is 23.6 Å². The van der Waals surface area contributed by atoms with E-state index < -0.39 is 6.04 Å². The molecule has 2 atom stereocenters. The number of ether oxygens (including phenoxy) is 1. The van der Waals surface area contributed by atoms with Gasteiger partial charge in [-0.3, -0.25) is 9.59 Å². The lowest BCUT2D eigenvalue weighted by atomic mass is 10.00. The highest BCUT2D eigenvalue weighted by molar-refractivity contribution is 8.00. The van der Waals surface area contributed by atoms with E-state index in [4.69, 9.17) is 4.74 Å². The van der Waals surface area contributed by atoms with Crippen molar-refractivity contribution in [3.8, 4) is 5.75 Å². The van der Waals surface area contributed by atoms with Crippen LogP contribution in [-0.4, -0.2) is 42.2 Å². The normalized spacial score (nSPS) is 18.5. The molecule has 2 amide bonds. The van der Waals surface area contributed by atoms with E-state index in [1.807, 2.05) is 24.3 Å². The van der Waals surface area contributed by atoms with Gasteiger partial charge in [0.25, 0.3) is 0 Å². The van der Waals surface area contributed by atoms with Gasteiger partial charge in [0.15, 0.2) is 0 Å². The lowest BCUT2D eigenvalue weighted by Crippen LogP contribution is -2.49. The quantitative estimate of drug-likeness (QED) is 0.753. The molecule has 26 heavy (non-hydrogen) atoms. The van der Waals surface area contributed by atoms with E-state index >= 15 is 0 Å². The Bertz CT molecular complexity index is 616. The minimum Gasteiger partial charge on any atom is -0.497 e. The highest BCUT2D eigenvalue weighted by Crippen LogP contribution is 2.41. The van der Waals surface area contributed by atoms with E-state index in [2.05, 4.69) is 33.0 Å². The van der Waals surface area contributed by atoms with Crippen molar-refractivity contribution in [2.45, 2.75) is 45.5 Å². The lowest BCUT2D eigenvalue weighted by molar-refractivity contribution is -0.139. The van der Waals surface area contributed by atoms with Gasteiger partial charge in [0.2, 0.25) is 11.8 Å². The summed E-state index contributed by atoms with van der Waals surface area (Å²) in [5.74, 6) is 1.85. The van der Waals surface area contributed by atoms with Crippen molar-refractivity contribution in [2.75, 3.05) is 19.4 Å². The first-order chi connectivity index (χ1) is 12.3. The summed E-state index contributed by atoms with van der Waals surface area (Å²) in [6, 6.07) is 7.30. The minimum absolute atomic E-state index is 0.0289. The molecule has 1 saturated heterocycles. The Morgan fingerprint density at radius 2 is 1.88 bits per heavy atom. The van der Waals surface area contributed by atoms with E-state index in [0.717, 1.165) is 11.3 Å². The third-order valence-electron chi connectivity index (χ3n) is 4.32. The van der Waals surface area contributed by atoms with Gasteiger partial charge >= 0.3 is 0 Å². The molecule has 0 radical (unpaired) electrons. The number of methoxy groups -OCH3 is 1. The van der Waals surface area contributed by atoms with Crippen LogP contribution in [0.5, 0.6) is 5.75 Å². The van der Waals surface area contributed by atoms with Gasteiger partial charge in [0.1, 0.15) is 17.2 Å². The number of carbonyl (C=O) groups excluding carboxylic acids is 2. The average Bonchev–Trinajstić information content (AvgIpc) is 2.98. The molecule has 144 valence electrons. The standard InChI is InChI=1S/C20H30N2O3S/c1-13(2)10-17(19(24)21-11-14(3)4)22-18(23)12-26-20(22)15-6-8-16(25-5)9-7-15/h6-9,13-14,17,20H,10-12H2,1-5H3,(H,21,24). The highest BCUT2D eigenvalue weighted by atomic mass is 32.2. The molecule has 1 aromatic rings. The van der Waals surface area contributed by atoms with Crippen molar-refractivity contribution in [3.05, 3.63) is 29.8 Å². The number of nitrogens with one attached hydrogen (secondary N) is 1. The fourth-order valence-corrected chi connectivity index (χ4v) is 4.24. The molecular weight excluding hydrogens is 348 g/mol. The Labute approximate surface area is 160 Å². The van der Waals surface area contributed by atoms with E-state index in [1.165, 1.54) is 0 Å². The monoisotopic (exact) mass is 378 g/mol. The topological polar surface area (TPSA) is 58.6 Å². The molecule has 0 aromatic heterocycles. The summed E-state index contributed by atoms with van der Waals surface area (Å²) < 4.78 is 5.22. The third-order valence-corrected chi connectivity index (χ3v) is 5.55. The molecule has 2 rings (SSSR count). The van der Waals surface area contributed by atoms with Gasteiger partial charge in [0, 0.05) is 6.54 Å². The van der Waals surface area contributed by atoms with Crippen LogP contribution in [0.1, 0.15) is 45.1 Å². The second-order valence-corrected chi connectivity index (χ2v) is 8.59. The molecule has 2 unspecified atom stereocenters. The van der Waals surface area contributed by atoms with E-state index in [9.17, 15) is 9.59 Å². The Morgan fingerprint density at radius 1 is 1.23 bits per heavy atom. The van der Waals surface area contributed by atoms with Crippen LogP contribution in [-0.2, 0) is 9.59 Å². The van der Waals surface area contributed by atoms with Crippen molar-refractivity contribution in [3.63, 3.8) is 0 Å². The Kier molecular flexibility index (Phi) is 7.38. The van der Waals surface area contributed by atoms with Crippen LogP contribution in [0.3, 0.4) is 0 Å². The number of hydrogen-bond donors (Lipinski definition) is 1. The van der Waals surface area contributed by atoms with Crippen LogP contribution in [0.2, 0.25) is 0 Å². The largest absolute Gasteiger partial charge is 0.497 e. The van der Waals surface area contributed by atoms with Crippen molar-refractivity contribution in [1.82, 2.24) is 10.2 Å². The van der Waals surface area contributed by atoms with Crippen LogP contribution in [0, 0.1) is 11.8 Å². The van der Waals surface area contributed by atoms with Gasteiger partial charge in [-0.1, -0.05) is 39.8 Å². The molecule has 6 heteroatoms. The zero-order chi connectivity index (χ0) is 19.3. The summed E-state index contributed by atoms with van der Waals surface area (Å²) in [4.78, 5) is 27.3. The average molecular weight is 379 g/mol. The predicted molar refractivity (Wildman–Crippen MR) is 106 cm³/mol. The van der Waals surface area contributed by atoms with Crippen LogP contribution >= 0.6 is 11.8 Å². The third kappa shape index (κ3) is 5.16. The Hall–Kier alpha value is -1.69. The Morgan fingerprint density at radius 3 is 2.42 bits per heavy atom. The maximum Gasteiger partial charge on any atom is 0.242 e. The van der Waals surface area contributed by atoms with E-state index in [0.29, 0.717) is 30.6 Å². The van der Waals surface area contributed by atoms with Crippen LogP contribution in [0.15, 0.2) is 24.3 Å². The second kappa shape index (κ2) is 9.31. The maximum absolute atomic E-state index is 12.9. The van der Waals surface area contributed by atoms with E-state index in [-0.39, 0.29) is 17.2 Å². The zero-order valence-corrected chi connectivity index (χ0v) is 17.1. The molecule has 0 aliphatic carbocycles. The van der Waals surface area contributed by atoms with Crippen LogP contribution < -0.4 is 10.1 Å². The molecule has 5 nitrogen and oxygen atoms in total. The number of hydrogen-bond acceptors (Lipinski definition) is 4. The molecule has 1 aliphatic heterocycles. The highest BCUT2D eigenvalue weighted by Gasteiger charge is 2.41. The van der Waals surface area contributed by atoms with Gasteiger partial charge in [0.05, 0.1) is 12.9 Å². The summed E-state index contributed by atoms with van der Waals surface area (Å²) >= 11 is 1.58. The second-order valence-electron chi connectivity index (χ2n) is 7.52. The van der Waals surface area contributed by atoms with Gasteiger partial charge in [-0.15, -0.1) is 11.8 Å².